The van der Waals surface area contributed by atoms with E-state index in [1.165, 1.54) is 7.11 Å². The monoisotopic (exact) mass is 263 g/mol. The number of nitrogens with one attached hydrogen (secondary N) is 1. The van der Waals surface area contributed by atoms with Gasteiger partial charge in [-0.25, -0.2) is 0 Å². The van der Waals surface area contributed by atoms with Crippen molar-refractivity contribution in [1.82, 2.24) is 5.32 Å². The number of aldehydes is 1. The van der Waals surface area contributed by atoms with Gasteiger partial charge in [-0.2, -0.15) is 0 Å². The summed E-state index contributed by atoms with van der Waals surface area (Å²) in [6, 6.07) is 5.43. The molecule has 0 aliphatic heterocycles. The number of benzene rings is 1. The predicted molar refractivity (Wildman–Crippen MR) is 69.7 cm³/mol. The fourth-order valence-corrected chi connectivity index (χ4v) is 1.71. The van der Waals surface area contributed by atoms with Gasteiger partial charge in [0.1, 0.15) is 0 Å². The number of carbonyl (C=O) groups is 2. The van der Waals surface area contributed by atoms with Crippen molar-refractivity contribution >= 4 is 12.2 Å². The van der Waals surface area contributed by atoms with E-state index in [-0.39, 0.29) is 18.9 Å². The smallest absolute Gasteiger partial charge is 0.223 e. The van der Waals surface area contributed by atoms with E-state index in [0.717, 1.165) is 12.8 Å². The molecule has 0 spiro atoms. The molecule has 1 fully saturated rings. The van der Waals surface area contributed by atoms with Crippen LogP contribution in [-0.4, -0.2) is 32.0 Å². The van der Waals surface area contributed by atoms with Crippen molar-refractivity contribution < 1.29 is 19.1 Å². The summed E-state index contributed by atoms with van der Waals surface area (Å²) in [5.41, 5.74) is 0.418. The van der Waals surface area contributed by atoms with Crippen LogP contribution in [0.5, 0.6) is 11.5 Å². The van der Waals surface area contributed by atoms with Crippen molar-refractivity contribution in [2.75, 3.05) is 13.7 Å². The Labute approximate surface area is 111 Å². The van der Waals surface area contributed by atoms with E-state index in [1.54, 1.807) is 18.2 Å². The maximum atomic E-state index is 11.5. The second kappa shape index (κ2) is 6.22. The van der Waals surface area contributed by atoms with Gasteiger partial charge in [0.15, 0.2) is 17.8 Å². The molecule has 1 aliphatic carbocycles. The van der Waals surface area contributed by atoms with Gasteiger partial charge in [0.2, 0.25) is 5.91 Å². The highest BCUT2D eigenvalue weighted by atomic mass is 16.5. The third-order valence-corrected chi connectivity index (χ3v) is 2.87. The van der Waals surface area contributed by atoms with Gasteiger partial charge in [0.05, 0.1) is 25.7 Å². The van der Waals surface area contributed by atoms with Crippen LogP contribution in [0.4, 0.5) is 0 Å². The summed E-state index contributed by atoms with van der Waals surface area (Å²) in [4.78, 5) is 22.4. The zero-order valence-corrected chi connectivity index (χ0v) is 10.8. The second-order valence-corrected chi connectivity index (χ2v) is 4.44. The SMILES string of the molecule is COc1cccc(C=O)c1OCCC(=O)NC1CC1. The van der Waals surface area contributed by atoms with Gasteiger partial charge >= 0.3 is 0 Å². The zero-order chi connectivity index (χ0) is 13.7. The van der Waals surface area contributed by atoms with Gasteiger partial charge in [0.25, 0.3) is 0 Å². The quantitative estimate of drug-likeness (QED) is 0.758. The standard InChI is InChI=1S/C14H17NO4/c1-18-12-4-2-3-10(9-16)14(12)19-8-7-13(17)15-11-5-6-11/h2-4,9,11H,5-8H2,1H3,(H,15,17). The largest absolute Gasteiger partial charge is 0.493 e. The molecule has 0 aromatic heterocycles. The molecule has 0 atom stereocenters. The van der Waals surface area contributed by atoms with Crippen LogP contribution in [0.15, 0.2) is 18.2 Å². The first-order valence-electron chi connectivity index (χ1n) is 6.29. The van der Waals surface area contributed by atoms with Crippen LogP contribution in [-0.2, 0) is 4.79 Å². The van der Waals surface area contributed by atoms with E-state index in [1.807, 2.05) is 0 Å². The number of rotatable bonds is 7. The first-order chi connectivity index (χ1) is 9.24. The summed E-state index contributed by atoms with van der Waals surface area (Å²) >= 11 is 0. The second-order valence-electron chi connectivity index (χ2n) is 4.44. The highest BCUT2D eigenvalue weighted by Crippen LogP contribution is 2.30. The lowest BCUT2D eigenvalue weighted by atomic mass is 10.2. The summed E-state index contributed by atoms with van der Waals surface area (Å²) in [5.74, 6) is 0.858. The molecule has 5 nitrogen and oxygen atoms in total. The minimum Gasteiger partial charge on any atom is -0.493 e. The van der Waals surface area contributed by atoms with Crippen LogP contribution in [0.2, 0.25) is 0 Å². The molecule has 1 aromatic rings. The molecule has 1 amide bonds. The summed E-state index contributed by atoms with van der Waals surface area (Å²) in [6.07, 6.45) is 3.11. The maximum Gasteiger partial charge on any atom is 0.223 e. The number of amides is 1. The topological polar surface area (TPSA) is 64.6 Å². The minimum absolute atomic E-state index is 0.0231. The fraction of sp³-hybridized carbons (Fsp3) is 0.429. The van der Waals surface area contributed by atoms with Gasteiger partial charge < -0.3 is 14.8 Å². The van der Waals surface area contributed by atoms with Gasteiger partial charge in [-0.1, -0.05) is 6.07 Å². The van der Waals surface area contributed by atoms with E-state index in [4.69, 9.17) is 9.47 Å². The van der Waals surface area contributed by atoms with E-state index in [2.05, 4.69) is 5.32 Å². The summed E-state index contributed by atoms with van der Waals surface area (Å²) in [6.45, 7) is 0.222. The Hall–Kier alpha value is -2.04. The first-order valence-corrected chi connectivity index (χ1v) is 6.29. The van der Waals surface area contributed by atoms with Crippen LogP contribution < -0.4 is 14.8 Å². The van der Waals surface area contributed by atoms with Crippen LogP contribution in [0.25, 0.3) is 0 Å². The lowest BCUT2D eigenvalue weighted by Gasteiger charge is -2.12. The number of ether oxygens (including phenoxy) is 2. The molecule has 19 heavy (non-hydrogen) atoms. The molecule has 1 N–H and O–H groups in total. The summed E-state index contributed by atoms with van der Waals surface area (Å²) < 4.78 is 10.6. The van der Waals surface area contributed by atoms with Crippen LogP contribution in [0.1, 0.15) is 29.6 Å². The van der Waals surface area contributed by atoms with Gasteiger partial charge in [-0.05, 0) is 25.0 Å². The Kier molecular flexibility index (Phi) is 4.39. The Morgan fingerprint density at radius 1 is 1.47 bits per heavy atom. The molecule has 0 unspecified atom stereocenters. The Bertz CT molecular complexity index is 469. The van der Waals surface area contributed by atoms with Crippen molar-refractivity contribution in [2.24, 2.45) is 0 Å². The highest BCUT2D eigenvalue weighted by molar-refractivity contribution is 5.81. The number of hydrogen-bond acceptors (Lipinski definition) is 4. The molecular formula is C14H17NO4. The third-order valence-electron chi connectivity index (χ3n) is 2.87. The molecule has 2 rings (SSSR count). The molecule has 1 aromatic carbocycles. The summed E-state index contributed by atoms with van der Waals surface area (Å²) in [5, 5.41) is 2.88. The van der Waals surface area contributed by atoms with Crippen molar-refractivity contribution in [2.45, 2.75) is 25.3 Å². The van der Waals surface area contributed by atoms with Crippen molar-refractivity contribution in [3.63, 3.8) is 0 Å². The number of para-hydroxylation sites is 1. The Balaban J connectivity index is 1.90. The predicted octanol–water partition coefficient (Wildman–Crippen LogP) is 1.56. The number of methoxy groups -OCH3 is 1. The zero-order valence-electron chi connectivity index (χ0n) is 10.8. The van der Waals surface area contributed by atoms with E-state index in [0.29, 0.717) is 29.4 Å². The van der Waals surface area contributed by atoms with Crippen molar-refractivity contribution in [3.8, 4) is 11.5 Å². The molecule has 5 heteroatoms. The lowest BCUT2D eigenvalue weighted by molar-refractivity contribution is -0.121. The lowest BCUT2D eigenvalue weighted by Crippen LogP contribution is -2.26. The molecule has 1 aliphatic rings. The molecule has 0 bridgehead atoms. The van der Waals surface area contributed by atoms with Crippen molar-refractivity contribution in [3.05, 3.63) is 23.8 Å². The molecule has 102 valence electrons. The van der Waals surface area contributed by atoms with E-state index in [9.17, 15) is 9.59 Å². The molecule has 0 saturated heterocycles. The van der Waals surface area contributed by atoms with E-state index >= 15 is 0 Å². The average Bonchev–Trinajstić information content (AvgIpc) is 3.22. The van der Waals surface area contributed by atoms with Gasteiger partial charge in [0, 0.05) is 6.04 Å². The fourth-order valence-electron chi connectivity index (χ4n) is 1.71. The van der Waals surface area contributed by atoms with E-state index < -0.39 is 0 Å². The Morgan fingerprint density at radius 3 is 2.89 bits per heavy atom. The molecule has 1 saturated carbocycles. The van der Waals surface area contributed by atoms with Gasteiger partial charge in [-0.3, -0.25) is 9.59 Å². The number of hydrogen-bond donors (Lipinski definition) is 1. The average molecular weight is 263 g/mol. The first kappa shape index (κ1) is 13.4. The maximum absolute atomic E-state index is 11.5. The third kappa shape index (κ3) is 3.71. The molecule has 0 radical (unpaired) electrons. The summed E-state index contributed by atoms with van der Waals surface area (Å²) in [7, 11) is 1.51. The van der Waals surface area contributed by atoms with Crippen molar-refractivity contribution in [1.29, 1.82) is 0 Å². The molecular weight excluding hydrogens is 246 g/mol. The minimum atomic E-state index is -0.0231. The normalized spacial score (nSPS) is 13.7. The Morgan fingerprint density at radius 2 is 2.26 bits per heavy atom. The molecule has 0 heterocycles. The number of carbonyl (C=O) groups excluding carboxylic acids is 2. The van der Waals surface area contributed by atoms with Crippen LogP contribution in [0.3, 0.4) is 0 Å². The highest BCUT2D eigenvalue weighted by Gasteiger charge is 2.23. The van der Waals surface area contributed by atoms with Crippen LogP contribution in [0, 0.1) is 0 Å². The van der Waals surface area contributed by atoms with Gasteiger partial charge in [-0.15, -0.1) is 0 Å². The van der Waals surface area contributed by atoms with Crippen LogP contribution >= 0.6 is 0 Å².